The number of anilines is 2. The molecule has 0 spiro atoms. The quantitative estimate of drug-likeness (QED) is 0.602. The number of carbonyl (C=O) groups excluding carboxylic acids is 1. The molecule has 0 saturated heterocycles. The van der Waals surface area contributed by atoms with Crippen LogP contribution in [0.5, 0.6) is 0 Å². The van der Waals surface area contributed by atoms with Crippen molar-refractivity contribution in [1.29, 1.82) is 0 Å². The van der Waals surface area contributed by atoms with Gasteiger partial charge in [0.1, 0.15) is 0 Å². The highest BCUT2D eigenvalue weighted by Gasteiger charge is 2.20. The third-order valence-corrected chi connectivity index (χ3v) is 4.21. The molecule has 2 aromatic rings. The number of rotatable bonds is 2. The van der Waals surface area contributed by atoms with Gasteiger partial charge < -0.3 is 15.4 Å². The van der Waals surface area contributed by atoms with Crippen LogP contribution >= 0.6 is 15.9 Å². The summed E-state index contributed by atoms with van der Waals surface area (Å²) in [5.74, 6) is -0.361. The summed E-state index contributed by atoms with van der Waals surface area (Å²) >= 11 is 3.51. The van der Waals surface area contributed by atoms with Crippen molar-refractivity contribution in [3.63, 3.8) is 0 Å². The summed E-state index contributed by atoms with van der Waals surface area (Å²) in [6.07, 6.45) is 2.16. The van der Waals surface area contributed by atoms with Gasteiger partial charge in [0, 0.05) is 22.7 Å². The third-order valence-electron chi connectivity index (χ3n) is 3.72. The lowest BCUT2D eigenvalue weighted by molar-refractivity contribution is -0.134. The summed E-state index contributed by atoms with van der Waals surface area (Å²) in [5, 5.41) is 6.87. The first-order valence-corrected chi connectivity index (χ1v) is 8.11. The maximum atomic E-state index is 11.6. The molecule has 4 nitrogen and oxygen atoms in total. The first-order valence-electron chi connectivity index (χ1n) is 7.32. The summed E-state index contributed by atoms with van der Waals surface area (Å²) in [4.78, 5) is 11.6. The summed E-state index contributed by atoms with van der Waals surface area (Å²) < 4.78 is 5.79. The second-order valence-corrected chi connectivity index (χ2v) is 6.24. The number of hydrogen-bond donors (Lipinski definition) is 2. The Bertz CT molecular complexity index is 758. The molecule has 2 N–H and O–H groups in total. The molecular weight excluding hydrogens is 356 g/mol. The lowest BCUT2D eigenvalue weighted by atomic mass is 10.0. The number of para-hydroxylation sites is 2. The van der Waals surface area contributed by atoms with Crippen molar-refractivity contribution in [3.05, 3.63) is 70.3 Å². The Morgan fingerprint density at radius 3 is 2.74 bits per heavy atom. The van der Waals surface area contributed by atoms with E-state index in [0.717, 1.165) is 27.1 Å². The van der Waals surface area contributed by atoms with Crippen LogP contribution in [0.1, 0.15) is 18.0 Å². The van der Waals surface area contributed by atoms with Crippen LogP contribution in [0.15, 0.2) is 64.8 Å². The molecule has 3 rings (SSSR count). The maximum absolute atomic E-state index is 11.6. The van der Waals surface area contributed by atoms with E-state index in [1.165, 1.54) is 13.2 Å². The van der Waals surface area contributed by atoms with Gasteiger partial charge in [-0.05, 0) is 29.8 Å². The van der Waals surface area contributed by atoms with Crippen LogP contribution in [0.25, 0.3) is 0 Å². The third kappa shape index (κ3) is 3.74. The molecule has 5 heteroatoms. The standard InChI is InChI=1S/C18H17BrN2O2/c1-23-18(22)11-14-10-17(12-5-4-6-13(19)9-12)21-16-8-3-2-7-15(16)20-14/h2-9,11,17,20-21H,10H2,1H3/b14-11-. The first-order chi connectivity index (χ1) is 11.2. The molecule has 1 aliphatic heterocycles. The van der Waals surface area contributed by atoms with Crippen molar-refractivity contribution >= 4 is 33.3 Å². The zero-order chi connectivity index (χ0) is 16.2. The van der Waals surface area contributed by atoms with E-state index >= 15 is 0 Å². The van der Waals surface area contributed by atoms with Gasteiger partial charge in [-0.2, -0.15) is 0 Å². The number of halogens is 1. The van der Waals surface area contributed by atoms with Gasteiger partial charge in [0.15, 0.2) is 0 Å². The number of esters is 1. The molecule has 23 heavy (non-hydrogen) atoms. The van der Waals surface area contributed by atoms with Gasteiger partial charge in [-0.1, -0.05) is 40.2 Å². The van der Waals surface area contributed by atoms with Crippen LogP contribution in [0.4, 0.5) is 11.4 Å². The van der Waals surface area contributed by atoms with Gasteiger partial charge in [0.05, 0.1) is 24.5 Å². The Balaban J connectivity index is 2.00. The van der Waals surface area contributed by atoms with Crippen LogP contribution in [-0.2, 0) is 9.53 Å². The second-order valence-electron chi connectivity index (χ2n) is 5.32. The number of benzene rings is 2. The molecule has 0 aliphatic carbocycles. The molecule has 0 aromatic heterocycles. The largest absolute Gasteiger partial charge is 0.466 e. The van der Waals surface area contributed by atoms with Crippen molar-refractivity contribution in [1.82, 2.24) is 0 Å². The van der Waals surface area contributed by atoms with E-state index in [9.17, 15) is 4.79 Å². The zero-order valence-electron chi connectivity index (χ0n) is 12.7. The molecule has 0 bridgehead atoms. The highest BCUT2D eigenvalue weighted by Crippen LogP contribution is 2.35. The number of nitrogens with one attached hydrogen (secondary N) is 2. The van der Waals surface area contributed by atoms with Crippen LogP contribution in [0.2, 0.25) is 0 Å². The topological polar surface area (TPSA) is 50.4 Å². The minimum absolute atomic E-state index is 0.0551. The van der Waals surface area contributed by atoms with Crippen LogP contribution in [-0.4, -0.2) is 13.1 Å². The molecule has 2 aromatic carbocycles. The first kappa shape index (κ1) is 15.6. The van der Waals surface area contributed by atoms with E-state index in [2.05, 4.69) is 38.7 Å². The normalized spacial score (nSPS) is 18.3. The fourth-order valence-corrected chi connectivity index (χ4v) is 3.04. The minimum atomic E-state index is -0.361. The minimum Gasteiger partial charge on any atom is -0.466 e. The molecule has 0 radical (unpaired) electrons. The molecule has 1 unspecified atom stereocenters. The van der Waals surface area contributed by atoms with Crippen molar-refractivity contribution in [2.24, 2.45) is 0 Å². The van der Waals surface area contributed by atoms with Gasteiger partial charge in [0.2, 0.25) is 0 Å². The number of fused-ring (bicyclic) bond motifs is 1. The summed E-state index contributed by atoms with van der Waals surface area (Å²) in [6, 6.07) is 16.2. The lowest BCUT2D eigenvalue weighted by Gasteiger charge is -2.18. The molecule has 0 fully saturated rings. The van der Waals surface area contributed by atoms with E-state index in [-0.39, 0.29) is 12.0 Å². The Morgan fingerprint density at radius 1 is 1.22 bits per heavy atom. The van der Waals surface area contributed by atoms with Crippen LogP contribution in [0, 0.1) is 0 Å². The van der Waals surface area contributed by atoms with E-state index in [0.29, 0.717) is 6.42 Å². The van der Waals surface area contributed by atoms with Crippen molar-refractivity contribution in [3.8, 4) is 0 Å². The van der Waals surface area contributed by atoms with E-state index < -0.39 is 0 Å². The Morgan fingerprint density at radius 2 is 2.00 bits per heavy atom. The highest BCUT2D eigenvalue weighted by atomic mass is 79.9. The zero-order valence-corrected chi connectivity index (χ0v) is 14.3. The highest BCUT2D eigenvalue weighted by molar-refractivity contribution is 9.10. The number of hydrogen-bond acceptors (Lipinski definition) is 4. The summed E-state index contributed by atoms with van der Waals surface area (Å²) in [5.41, 5.74) is 3.92. The summed E-state index contributed by atoms with van der Waals surface area (Å²) in [7, 11) is 1.38. The second kappa shape index (κ2) is 6.87. The number of ether oxygens (including phenoxy) is 1. The Labute approximate surface area is 143 Å². The molecular formula is C18H17BrN2O2. The number of carbonyl (C=O) groups is 1. The van der Waals surface area contributed by atoms with Crippen LogP contribution in [0.3, 0.4) is 0 Å². The maximum Gasteiger partial charge on any atom is 0.332 e. The van der Waals surface area contributed by atoms with Gasteiger partial charge in [0.25, 0.3) is 0 Å². The van der Waals surface area contributed by atoms with Crippen molar-refractivity contribution < 1.29 is 9.53 Å². The van der Waals surface area contributed by atoms with Gasteiger partial charge in [-0.15, -0.1) is 0 Å². The molecule has 0 saturated carbocycles. The van der Waals surface area contributed by atoms with Crippen LogP contribution < -0.4 is 10.6 Å². The molecule has 1 heterocycles. The predicted octanol–water partition coefficient (Wildman–Crippen LogP) is 4.47. The van der Waals surface area contributed by atoms with E-state index in [4.69, 9.17) is 4.74 Å². The Kier molecular flexibility index (Phi) is 4.67. The average Bonchev–Trinajstić information content (AvgIpc) is 2.73. The van der Waals surface area contributed by atoms with E-state index in [1.54, 1.807) is 0 Å². The number of methoxy groups -OCH3 is 1. The molecule has 1 atom stereocenters. The SMILES string of the molecule is COC(=O)/C=C1/CC(c2cccc(Br)c2)Nc2ccccc2N1. The smallest absolute Gasteiger partial charge is 0.332 e. The Hall–Kier alpha value is -2.27. The molecule has 118 valence electrons. The predicted molar refractivity (Wildman–Crippen MR) is 95.3 cm³/mol. The lowest BCUT2D eigenvalue weighted by Crippen LogP contribution is -2.11. The monoisotopic (exact) mass is 372 g/mol. The van der Waals surface area contributed by atoms with Gasteiger partial charge in [-0.3, -0.25) is 0 Å². The van der Waals surface area contributed by atoms with E-state index in [1.807, 2.05) is 36.4 Å². The van der Waals surface area contributed by atoms with Crippen molar-refractivity contribution in [2.75, 3.05) is 17.7 Å². The van der Waals surface area contributed by atoms with Crippen molar-refractivity contribution in [2.45, 2.75) is 12.5 Å². The van der Waals surface area contributed by atoms with Gasteiger partial charge >= 0.3 is 5.97 Å². The average molecular weight is 373 g/mol. The fourth-order valence-electron chi connectivity index (χ4n) is 2.62. The van der Waals surface area contributed by atoms with Gasteiger partial charge in [-0.25, -0.2) is 4.79 Å². The molecule has 0 amide bonds. The summed E-state index contributed by atoms with van der Waals surface area (Å²) in [6.45, 7) is 0. The fraction of sp³-hybridized carbons (Fsp3) is 0.167. The molecule has 1 aliphatic rings.